The predicted molar refractivity (Wildman–Crippen MR) is 90.3 cm³/mol. The fourth-order valence-corrected chi connectivity index (χ4v) is 2.79. The molecule has 0 aliphatic heterocycles. The van der Waals surface area contributed by atoms with Gasteiger partial charge in [0, 0.05) is 24.8 Å². The second kappa shape index (κ2) is 7.92. The monoisotopic (exact) mass is 315 g/mol. The summed E-state index contributed by atoms with van der Waals surface area (Å²) in [6, 6.07) is 11.6. The number of hydrogen-bond acceptors (Lipinski definition) is 3. The SMILES string of the molecule is Cc1cc(C)n(C(C)C(=O)NCC(CCO)c2ccccc2)n1. The van der Waals surface area contributed by atoms with Crippen LogP contribution in [0.4, 0.5) is 0 Å². The quantitative estimate of drug-likeness (QED) is 0.824. The maximum Gasteiger partial charge on any atom is 0.244 e. The van der Waals surface area contributed by atoms with Crippen LogP contribution < -0.4 is 5.32 Å². The molecule has 1 aromatic carbocycles. The topological polar surface area (TPSA) is 67.2 Å². The standard InChI is InChI=1S/C18H25N3O2/c1-13-11-14(2)21(20-13)15(3)18(23)19-12-17(9-10-22)16-7-5-4-6-8-16/h4-8,11,15,17,22H,9-10,12H2,1-3H3,(H,19,23). The summed E-state index contributed by atoms with van der Waals surface area (Å²) in [7, 11) is 0. The van der Waals surface area contributed by atoms with Gasteiger partial charge in [-0.2, -0.15) is 5.10 Å². The Morgan fingerprint density at radius 2 is 2.00 bits per heavy atom. The highest BCUT2D eigenvalue weighted by atomic mass is 16.3. The molecule has 2 rings (SSSR count). The number of aliphatic hydroxyl groups excluding tert-OH is 1. The zero-order chi connectivity index (χ0) is 16.8. The second-order valence-electron chi connectivity index (χ2n) is 5.91. The molecule has 0 spiro atoms. The van der Waals surface area contributed by atoms with Crippen LogP contribution in [0.3, 0.4) is 0 Å². The minimum absolute atomic E-state index is 0.0601. The van der Waals surface area contributed by atoms with Gasteiger partial charge in [-0.15, -0.1) is 0 Å². The number of nitrogens with zero attached hydrogens (tertiary/aromatic N) is 2. The molecule has 0 bridgehead atoms. The van der Waals surface area contributed by atoms with Gasteiger partial charge in [0.05, 0.1) is 5.69 Å². The average Bonchev–Trinajstić information content (AvgIpc) is 2.89. The minimum Gasteiger partial charge on any atom is -0.396 e. The number of carbonyl (C=O) groups excluding carboxylic acids is 1. The molecule has 1 heterocycles. The van der Waals surface area contributed by atoms with Crippen LogP contribution in [0.1, 0.15) is 42.3 Å². The molecule has 5 heteroatoms. The van der Waals surface area contributed by atoms with E-state index >= 15 is 0 Å². The van der Waals surface area contributed by atoms with Crippen LogP contribution in [0, 0.1) is 13.8 Å². The lowest BCUT2D eigenvalue weighted by Gasteiger charge is -2.19. The van der Waals surface area contributed by atoms with Crippen molar-refractivity contribution in [3.8, 4) is 0 Å². The minimum atomic E-state index is -0.353. The molecule has 2 atom stereocenters. The summed E-state index contributed by atoms with van der Waals surface area (Å²) in [5, 5.41) is 16.6. The Kier molecular flexibility index (Phi) is 5.93. The summed E-state index contributed by atoms with van der Waals surface area (Å²) in [5.41, 5.74) is 3.00. The van der Waals surface area contributed by atoms with Crippen LogP contribution in [0.15, 0.2) is 36.4 Å². The van der Waals surface area contributed by atoms with Crippen molar-refractivity contribution in [1.29, 1.82) is 0 Å². The Bertz CT molecular complexity index is 637. The molecular weight excluding hydrogens is 290 g/mol. The lowest BCUT2D eigenvalue weighted by atomic mass is 9.96. The summed E-state index contributed by atoms with van der Waals surface area (Å²) in [5.74, 6) is 0.0490. The number of amides is 1. The number of carbonyl (C=O) groups is 1. The number of benzene rings is 1. The highest BCUT2D eigenvalue weighted by molar-refractivity contribution is 5.79. The number of rotatable bonds is 7. The van der Waals surface area contributed by atoms with Crippen molar-refractivity contribution < 1.29 is 9.90 Å². The van der Waals surface area contributed by atoms with Gasteiger partial charge in [-0.25, -0.2) is 0 Å². The molecule has 23 heavy (non-hydrogen) atoms. The van der Waals surface area contributed by atoms with Crippen molar-refractivity contribution in [3.63, 3.8) is 0 Å². The maximum absolute atomic E-state index is 12.4. The van der Waals surface area contributed by atoms with E-state index in [9.17, 15) is 9.90 Å². The molecule has 0 aliphatic rings. The zero-order valence-electron chi connectivity index (χ0n) is 14.0. The Hall–Kier alpha value is -2.14. The first kappa shape index (κ1) is 17.2. The number of aryl methyl sites for hydroxylation is 2. The van der Waals surface area contributed by atoms with E-state index in [1.807, 2.05) is 57.2 Å². The lowest BCUT2D eigenvalue weighted by Crippen LogP contribution is -2.35. The van der Waals surface area contributed by atoms with E-state index < -0.39 is 0 Å². The highest BCUT2D eigenvalue weighted by Crippen LogP contribution is 2.19. The van der Waals surface area contributed by atoms with E-state index in [4.69, 9.17) is 0 Å². The van der Waals surface area contributed by atoms with Gasteiger partial charge in [-0.05, 0) is 38.8 Å². The first-order valence-corrected chi connectivity index (χ1v) is 7.99. The second-order valence-corrected chi connectivity index (χ2v) is 5.91. The van der Waals surface area contributed by atoms with Gasteiger partial charge in [-0.1, -0.05) is 30.3 Å². The molecule has 0 saturated carbocycles. The van der Waals surface area contributed by atoms with Crippen molar-refractivity contribution in [1.82, 2.24) is 15.1 Å². The average molecular weight is 315 g/mol. The third-order valence-electron chi connectivity index (χ3n) is 4.06. The van der Waals surface area contributed by atoms with Gasteiger partial charge < -0.3 is 10.4 Å². The van der Waals surface area contributed by atoms with E-state index in [0.717, 1.165) is 17.0 Å². The van der Waals surface area contributed by atoms with Gasteiger partial charge in [-0.3, -0.25) is 9.48 Å². The molecule has 0 fully saturated rings. The Morgan fingerprint density at radius 1 is 1.30 bits per heavy atom. The largest absolute Gasteiger partial charge is 0.396 e. The molecule has 2 N–H and O–H groups in total. The van der Waals surface area contributed by atoms with Crippen LogP contribution >= 0.6 is 0 Å². The number of aliphatic hydroxyl groups is 1. The normalized spacial score (nSPS) is 13.6. The van der Waals surface area contributed by atoms with Crippen molar-refractivity contribution in [2.24, 2.45) is 0 Å². The molecule has 124 valence electrons. The fraction of sp³-hybridized carbons (Fsp3) is 0.444. The number of nitrogens with one attached hydrogen (secondary N) is 1. The van der Waals surface area contributed by atoms with E-state index in [2.05, 4.69) is 10.4 Å². The summed E-state index contributed by atoms with van der Waals surface area (Å²) in [6.07, 6.45) is 0.624. The third-order valence-corrected chi connectivity index (χ3v) is 4.06. The van der Waals surface area contributed by atoms with Crippen LogP contribution in [0.25, 0.3) is 0 Å². The summed E-state index contributed by atoms with van der Waals surface area (Å²) in [4.78, 5) is 12.4. The van der Waals surface area contributed by atoms with Crippen LogP contribution in [0.2, 0.25) is 0 Å². The summed E-state index contributed by atoms with van der Waals surface area (Å²) in [6.45, 7) is 6.32. The van der Waals surface area contributed by atoms with Gasteiger partial charge in [0.25, 0.3) is 0 Å². The van der Waals surface area contributed by atoms with Gasteiger partial charge >= 0.3 is 0 Å². The molecule has 1 aromatic heterocycles. The Labute approximate surface area is 137 Å². The lowest BCUT2D eigenvalue weighted by molar-refractivity contribution is -0.124. The van der Waals surface area contributed by atoms with Crippen LogP contribution in [-0.4, -0.2) is 33.9 Å². The van der Waals surface area contributed by atoms with E-state index in [1.165, 1.54) is 0 Å². The van der Waals surface area contributed by atoms with Gasteiger partial charge in [0.1, 0.15) is 6.04 Å². The smallest absolute Gasteiger partial charge is 0.244 e. The van der Waals surface area contributed by atoms with Crippen molar-refractivity contribution in [2.45, 2.75) is 39.2 Å². The first-order valence-electron chi connectivity index (χ1n) is 7.99. The van der Waals surface area contributed by atoms with Crippen LogP contribution in [0.5, 0.6) is 0 Å². The van der Waals surface area contributed by atoms with Crippen molar-refractivity contribution >= 4 is 5.91 Å². The van der Waals surface area contributed by atoms with Crippen molar-refractivity contribution in [3.05, 3.63) is 53.3 Å². The zero-order valence-corrected chi connectivity index (χ0v) is 14.0. The predicted octanol–water partition coefficient (Wildman–Crippen LogP) is 2.34. The van der Waals surface area contributed by atoms with Gasteiger partial charge in [0.2, 0.25) is 5.91 Å². The number of aromatic nitrogens is 2. The molecular formula is C18H25N3O2. The Morgan fingerprint density at radius 3 is 2.57 bits per heavy atom. The molecule has 5 nitrogen and oxygen atoms in total. The van der Waals surface area contributed by atoms with Gasteiger partial charge in [0.15, 0.2) is 0 Å². The van der Waals surface area contributed by atoms with E-state index in [0.29, 0.717) is 13.0 Å². The summed E-state index contributed by atoms with van der Waals surface area (Å²) >= 11 is 0. The molecule has 1 amide bonds. The van der Waals surface area contributed by atoms with Crippen LogP contribution in [-0.2, 0) is 4.79 Å². The first-order chi connectivity index (χ1) is 11.0. The molecule has 2 unspecified atom stereocenters. The number of hydrogen-bond donors (Lipinski definition) is 2. The maximum atomic E-state index is 12.4. The van der Waals surface area contributed by atoms with E-state index in [-0.39, 0.29) is 24.5 Å². The molecule has 2 aromatic rings. The Balaban J connectivity index is 2.00. The molecule has 0 saturated heterocycles. The fourth-order valence-electron chi connectivity index (χ4n) is 2.79. The highest BCUT2D eigenvalue weighted by Gasteiger charge is 2.19. The molecule has 0 aliphatic carbocycles. The van der Waals surface area contributed by atoms with Crippen molar-refractivity contribution in [2.75, 3.05) is 13.2 Å². The van der Waals surface area contributed by atoms with E-state index in [1.54, 1.807) is 4.68 Å². The third kappa shape index (κ3) is 4.42. The summed E-state index contributed by atoms with van der Waals surface area (Å²) < 4.78 is 1.74. The molecule has 0 radical (unpaired) electrons.